The van der Waals surface area contributed by atoms with Crippen LogP contribution in [0.25, 0.3) is 0 Å². The fourth-order valence-corrected chi connectivity index (χ4v) is 2.20. The van der Waals surface area contributed by atoms with Crippen LogP contribution in [0.1, 0.15) is 39.7 Å². The summed E-state index contributed by atoms with van der Waals surface area (Å²) in [5.41, 5.74) is -0.621. The van der Waals surface area contributed by atoms with Crippen molar-refractivity contribution < 1.29 is 27.4 Å². The first-order valence-corrected chi connectivity index (χ1v) is 9.33. The summed E-state index contributed by atoms with van der Waals surface area (Å²) in [5, 5.41) is 8.64. The molecule has 0 aromatic heterocycles. The van der Waals surface area contributed by atoms with Gasteiger partial charge in [-0.3, -0.25) is 0 Å². The lowest BCUT2D eigenvalue weighted by molar-refractivity contribution is -0.0506. The molecule has 30 heavy (non-hydrogen) atoms. The van der Waals surface area contributed by atoms with Crippen LogP contribution in [0.4, 0.5) is 18.0 Å². The lowest BCUT2D eigenvalue weighted by Gasteiger charge is -2.19. The molecule has 1 aromatic rings. The first-order chi connectivity index (χ1) is 13.6. The minimum atomic E-state index is -3.05. The standard InChI is InChI=1S/C19H29F3N4O3.HI/c1-5-23-17(24-10-7-11-25-18(27)29-19(2,3)4)26-12-13-14(20)8-6-9-15(13)28-16(21)22;/h6,8-9,16H,5,7,10-12H2,1-4H3,(H,25,27)(H2,23,24,26);1H. The van der Waals surface area contributed by atoms with Gasteiger partial charge in [-0.2, -0.15) is 8.78 Å². The molecule has 3 N–H and O–H groups in total. The van der Waals surface area contributed by atoms with Gasteiger partial charge in [0.2, 0.25) is 0 Å². The summed E-state index contributed by atoms with van der Waals surface area (Å²) in [5.74, 6) is -0.540. The van der Waals surface area contributed by atoms with Crippen molar-refractivity contribution in [2.75, 3.05) is 19.6 Å². The number of hydrogen-bond acceptors (Lipinski definition) is 4. The highest BCUT2D eigenvalue weighted by Gasteiger charge is 2.15. The number of nitrogens with zero attached hydrogens (tertiary/aromatic N) is 1. The van der Waals surface area contributed by atoms with Gasteiger partial charge in [0.25, 0.3) is 0 Å². The molecule has 0 bridgehead atoms. The third kappa shape index (κ3) is 11.9. The second-order valence-corrected chi connectivity index (χ2v) is 7.00. The van der Waals surface area contributed by atoms with E-state index < -0.39 is 24.1 Å². The van der Waals surface area contributed by atoms with Crippen LogP contribution in [-0.2, 0) is 11.3 Å². The van der Waals surface area contributed by atoms with Gasteiger partial charge in [-0.25, -0.2) is 14.2 Å². The van der Waals surface area contributed by atoms with Gasteiger partial charge in [-0.15, -0.1) is 24.0 Å². The molecule has 1 amide bonds. The second kappa shape index (κ2) is 14.1. The quantitative estimate of drug-likeness (QED) is 0.189. The summed E-state index contributed by atoms with van der Waals surface area (Å²) >= 11 is 0. The van der Waals surface area contributed by atoms with E-state index in [1.807, 2.05) is 6.92 Å². The highest BCUT2D eigenvalue weighted by molar-refractivity contribution is 14.0. The zero-order valence-electron chi connectivity index (χ0n) is 17.6. The summed E-state index contributed by atoms with van der Waals surface area (Å²) in [6, 6.07) is 3.72. The van der Waals surface area contributed by atoms with Gasteiger partial charge in [-0.05, 0) is 46.2 Å². The third-order valence-electron chi connectivity index (χ3n) is 3.35. The monoisotopic (exact) mass is 546 g/mol. The van der Waals surface area contributed by atoms with E-state index in [0.29, 0.717) is 32.0 Å². The van der Waals surface area contributed by atoms with Crippen molar-refractivity contribution >= 4 is 36.0 Å². The number of nitrogens with one attached hydrogen (secondary N) is 3. The molecule has 0 fully saturated rings. The molecule has 0 aliphatic rings. The summed E-state index contributed by atoms with van der Waals surface area (Å²) in [6.45, 7) is 5.38. The Balaban J connectivity index is 0.00000841. The molecule has 0 unspecified atom stereocenters. The Bertz CT molecular complexity index is 685. The highest BCUT2D eigenvalue weighted by Crippen LogP contribution is 2.24. The van der Waals surface area contributed by atoms with E-state index in [2.05, 4.69) is 25.7 Å². The van der Waals surface area contributed by atoms with Crippen molar-refractivity contribution in [1.82, 2.24) is 16.0 Å². The van der Waals surface area contributed by atoms with E-state index in [4.69, 9.17) is 4.74 Å². The molecule has 0 saturated heterocycles. The van der Waals surface area contributed by atoms with E-state index >= 15 is 0 Å². The van der Waals surface area contributed by atoms with Crippen LogP contribution in [0.5, 0.6) is 5.75 Å². The highest BCUT2D eigenvalue weighted by atomic mass is 127. The number of rotatable bonds is 9. The molecule has 0 heterocycles. The van der Waals surface area contributed by atoms with Crippen molar-refractivity contribution in [3.63, 3.8) is 0 Å². The number of aliphatic imine (C=N–C) groups is 1. The summed E-state index contributed by atoms with van der Waals surface area (Å²) in [7, 11) is 0. The number of ether oxygens (including phenoxy) is 2. The summed E-state index contributed by atoms with van der Waals surface area (Å²) in [4.78, 5) is 15.8. The molecule has 172 valence electrons. The van der Waals surface area contributed by atoms with Gasteiger partial charge in [-0.1, -0.05) is 6.07 Å². The number of carbonyl (C=O) groups excluding carboxylic acids is 1. The zero-order valence-corrected chi connectivity index (χ0v) is 19.9. The Labute approximate surface area is 192 Å². The van der Waals surface area contributed by atoms with Crippen molar-refractivity contribution in [3.8, 4) is 5.75 Å². The van der Waals surface area contributed by atoms with Crippen LogP contribution in [0.15, 0.2) is 23.2 Å². The Morgan fingerprint density at radius 1 is 1.17 bits per heavy atom. The molecule has 0 aliphatic carbocycles. The number of carbonyl (C=O) groups is 1. The van der Waals surface area contributed by atoms with E-state index in [1.165, 1.54) is 12.1 Å². The van der Waals surface area contributed by atoms with E-state index in [1.54, 1.807) is 20.8 Å². The predicted octanol–water partition coefficient (Wildman–Crippen LogP) is 4.02. The maximum Gasteiger partial charge on any atom is 0.407 e. The Morgan fingerprint density at radius 2 is 1.83 bits per heavy atom. The van der Waals surface area contributed by atoms with Crippen LogP contribution < -0.4 is 20.7 Å². The molecular weight excluding hydrogens is 516 g/mol. The molecule has 7 nitrogen and oxygen atoms in total. The molecule has 0 spiro atoms. The van der Waals surface area contributed by atoms with Crippen molar-refractivity contribution in [1.29, 1.82) is 0 Å². The predicted molar refractivity (Wildman–Crippen MR) is 120 cm³/mol. The smallest absolute Gasteiger partial charge is 0.407 e. The third-order valence-corrected chi connectivity index (χ3v) is 3.35. The zero-order chi connectivity index (χ0) is 21.9. The van der Waals surface area contributed by atoms with Gasteiger partial charge in [0.05, 0.1) is 12.1 Å². The lowest BCUT2D eigenvalue weighted by atomic mass is 10.2. The normalized spacial score (nSPS) is 11.5. The van der Waals surface area contributed by atoms with Gasteiger partial charge in [0, 0.05) is 19.6 Å². The SMILES string of the molecule is CCNC(=NCc1c(F)cccc1OC(F)F)NCCCNC(=O)OC(C)(C)C.I. The second-order valence-electron chi connectivity index (χ2n) is 7.00. The molecule has 1 rings (SSSR count). The first-order valence-electron chi connectivity index (χ1n) is 9.33. The van der Waals surface area contributed by atoms with Crippen molar-refractivity contribution in [2.45, 2.75) is 52.9 Å². The first kappa shape index (κ1) is 28.1. The Hall–Kier alpha value is -1.92. The topological polar surface area (TPSA) is 84.0 Å². The number of halogens is 4. The van der Waals surface area contributed by atoms with Crippen molar-refractivity contribution in [3.05, 3.63) is 29.6 Å². The molecule has 0 atom stereocenters. The maximum atomic E-state index is 14.0. The van der Waals surface area contributed by atoms with E-state index in [-0.39, 0.29) is 41.8 Å². The minimum Gasteiger partial charge on any atom is -0.444 e. The minimum absolute atomic E-state index is 0. The van der Waals surface area contributed by atoms with Crippen LogP contribution in [0, 0.1) is 5.82 Å². The molecular formula is C19H30F3IN4O3. The van der Waals surface area contributed by atoms with Gasteiger partial charge >= 0.3 is 12.7 Å². The molecule has 11 heteroatoms. The van der Waals surface area contributed by atoms with E-state index in [0.717, 1.165) is 6.07 Å². The number of alkyl carbamates (subject to hydrolysis) is 1. The van der Waals surface area contributed by atoms with Crippen LogP contribution >= 0.6 is 24.0 Å². The average molecular weight is 546 g/mol. The largest absolute Gasteiger partial charge is 0.444 e. The Kier molecular flexibility index (Phi) is 13.2. The number of alkyl halides is 2. The van der Waals surface area contributed by atoms with Crippen LogP contribution in [0.2, 0.25) is 0 Å². The summed E-state index contributed by atoms with van der Waals surface area (Å²) < 4.78 is 48.5. The van der Waals surface area contributed by atoms with Gasteiger partial charge < -0.3 is 25.4 Å². The molecule has 0 aliphatic heterocycles. The summed E-state index contributed by atoms with van der Waals surface area (Å²) in [6.07, 6.45) is 0.0903. The van der Waals surface area contributed by atoms with Crippen LogP contribution in [0.3, 0.4) is 0 Å². The number of guanidine groups is 1. The fraction of sp³-hybridized carbons (Fsp3) is 0.579. The fourth-order valence-electron chi connectivity index (χ4n) is 2.20. The molecule has 0 radical (unpaired) electrons. The maximum absolute atomic E-state index is 14.0. The number of hydrogen-bond donors (Lipinski definition) is 3. The van der Waals surface area contributed by atoms with Gasteiger partial charge in [0.15, 0.2) is 5.96 Å². The lowest BCUT2D eigenvalue weighted by Crippen LogP contribution is -2.39. The number of amides is 1. The van der Waals surface area contributed by atoms with E-state index in [9.17, 15) is 18.0 Å². The Morgan fingerprint density at radius 3 is 2.43 bits per heavy atom. The molecule has 0 saturated carbocycles. The van der Waals surface area contributed by atoms with Gasteiger partial charge in [0.1, 0.15) is 17.2 Å². The number of benzene rings is 1. The average Bonchev–Trinajstić information content (AvgIpc) is 2.58. The molecule has 1 aromatic carbocycles. The van der Waals surface area contributed by atoms with Crippen molar-refractivity contribution in [2.24, 2.45) is 4.99 Å². The van der Waals surface area contributed by atoms with Crippen LogP contribution in [-0.4, -0.2) is 43.9 Å².